The summed E-state index contributed by atoms with van der Waals surface area (Å²) >= 11 is 0. The Bertz CT molecular complexity index is 425. The number of rotatable bonds is 6. The Labute approximate surface area is 119 Å². The number of ether oxygens (including phenoxy) is 1. The van der Waals surface area contributed by atoms with E-state index in [-0.39, 0.29) is 17.8 Å². The third-order valence-corrected chi connectivity index (χ3v) is 3.83. The molecular weight excluding hydrogens is 257 g/mol. The zero-order valence-electron chi connectivity index (χ0n) is 11.6. The summed E-state index contributed by atoms with van der Waals surface area (Å²) in [5.74, 6) is -0.218. The first kappa shape index (κ1) is 15.2. The van der Waals surface area contributed by atoms with Crippen LogP contribution in [0.5, 0.6) is 0 Å². The van der Waals surface area contributed by atoms with Crippen molar-refractivity contribution < 1.29 is 14.2 Å². The van der Waals surface area contributed by atoms with Gasteiger partial charge in [-0.3, -0.25) is 0 Å². The molecule has 20 heavy (non-hydrogen) atoms. The van der Waals surface area contributed by atoms with Crippen LogP contribution in [0.1, 0.15) is 18.4 Å². The fourth-order valence-corrected chi connectivity index (χ4v) is 2.38. The number of aliphatic hydroxyl groups excluding tert-OH is 1. The first-order valence-corrected chi connectivity index (χ1v) is 7.06. The minimum atomic E-state index is -0.218. The lowest BCUT2D eigenvalue weighted by Crippen LogP contribution is -2.41. The maximum absolute atomic E-state index is 12.7. The molecule has 3 nitrogen and oxygen atoms in total. The minimum Gasteiger partial charge on any atom is -0.396 e. The summed E-state index contributed by atoms with van der Waals surface area (Å²) in [6.45, 7) is 3.19. The second-order valence-electron chi connectivity index (χ2n) is 5.36. The van der Waals surface area contributed by atoms with Crippen LogP contribution in [0.15, 0.2) is 30.3 Å². The fraction of sp³-hybridized carbons (Fsp3) is 0.500. The van der Waals surface area contributed by atoms with E-state index in [4.69, 9.17) is 4.74 Å². The van der Waals surface area contributed by atoms with Gasteiger partial charge < -0.3 is 15.2 Å². The van der Waals surface area contributed by atoms with Gasteiger partial charge in [0.25, 0.3) is 0 Å². The molecule has 0 aliphatic carbocycles. The van der Waals surface area contributed by atoms with Crippen LogP contribution in [-0.4, -0.2) is 38.0 Å². The van der Waals surface area contributed by atoms with Gasteiger partial charge in [0.2, 0.25) is 0 Å². The molecule has 1 aromatic rings. The van der Waals surface area contributed by atoms with Crippen molar-refractivity contribution in [2.75, 3.05) is 32.9 Å². The first-order chi connectivity index (χ1) is 9.74. The van der Waals surface area contributed by atoms with Gasteiger partial charge in [0.1, 0.15) is 5.82 Å². The van der Waals surface area contributed by atoms with Crippen molar-refractivity contribution in [3.63, 3.8) is 0 Å². The lowest BCUT2D eigenvalue weighted by molar-refractivity contribution is -0.0148. The third kappa shape index (κ3) is 4.40. The monoisotopic (exact) mass is 279 g/mol. The topological polar surface area (TPSA) is 41.5 Å². The SMILES string of the molecule is OCC1(CNC/C=C/c2ccc(F)cc2)CCOCC1. The molecule has 4 heteroatoms. The van der Waals surface area contributed by atoms with E-state index in [9.17, 15) is 9.50 Å². The van der Waals surface area contributed by atoms with E-state index in [1.165, 1.54) is 12.1 Å². The number of benzene rings is 1. The van der Waals surface area contributed by atoms with Crippen molar-refractivity contribution in [1.82, 2.24) is 5.32 Å². The molecule has 0 radical (unpaired) electrons. The highest BCUT2D eigenvalue weighted by Crippen LogP contribution is 2.28. The van der Waals surface area contributed by atoms with Crippen LogP contribution < -0.4 is 5.32 Å². The summed E-state index contributed by atoms with van der Waals surface area (Å²) < 4.78 is 18.1. The molecule has 1 fully saturated rings. The molecule has 1 aliphatic rings. The van der Waals surface area contributed by atoms with Crippen LogP contribution in [0.4, 0.5) is 4.39 Å². The van der Waals surface area contributed by atoms with Crippen molar-refractivity contribution in [2.45, 2.75) is 12.8 Å². The molecule has 0 spiro atoms. The predicted octanol–water partition coefficient (Wildman–Crippen LogP) is 2.22. The highest BCUT2D eigenvalue weighted by molar-refractivity contribution is 5.48. The van der Waals surface area contributed by atoms with E-state index in [1.807, 2.05) is 12.2 Å². The highest BCUT2D eigenvalue weighted by atomic mass is 19.1. The Balaban J connectivity index is 1.73. The molecule has 0 bridgehead atoms. The maximum Gasteiger partial charge on any atom is 0.123 e. The fourth-order valence-electron chi connectivity index (χ4n) is 2.38. The molecule has 1 aromatic carbocycles. The Hall–Kier alpha value is -1.23. The van der Waals surface area contributed by atoms with Crippen LogP contribution in [-0.2, 0) is 4.74 Å². The molecule has 110 valence electrons. The van der Waals surface area contributed by atoms with Crippen molar-refractivity contribution in [1.29, 1.82) is 0 Å². The zero-order chi connectivity index (χ0) is 14.3. The Morgan fingerprint density at radius 1 is 1.25 bits per heavy atom. The molecule has 1 saturated heterocycles. The summed E-state index contributed by atoms with van der Waals surface area (Å²) in [7, 11) is 0. The van der Waals surface area contributed by atoms with E-state index >= 15 is 0 Å². The van der Waals surface area contributed by atoms with Crippen LogP contribution >= 0.6 is 0 Å². The van der Waals surface area contributed by atoms with Crippen LogP contribution in [0, 0.1) is 11.2 Å². The summed E-state index contributed by atoms with van der Waals surface area (Å²) in [5.41, 5.74) is 0.943. The predicted molar refractivity (Wildman–Crippen MR) is 77.9 cm³/mol. The van der Waals surface area contributed by atoms with Crippen LogP contribution in [0.3, 0.4) is 0 Å². The quantitative estimate of drug-likeness (QED) is 0.785. The Morgan fingerprint density at radius 2 is 1.95 bits per heavy atom. The average molecular weight is 279 g/mol. The van der Waals surface area contributed by atoms with E-state index in [0.717, 1.165) is 44.7 Å². The molecule has 0 atom stereocenters. The van der Waals surface area contributed by atoms with Gasteiger partial charge in [0.15, 0.2) is 0 Å². The first-order valence-electron chi connectivity index (χ1n) is 7.06. The molecule has 1 heterocycles. The summed E-state index contributed by atoms with van der Waals surface area (Å²) in [4.78, 5) is 0. The van der Waals surface area contributed by atoms with Gasteiger partial charge in [-0.15, -0.1) is 0 Å². The van der Waals surface area contributed by atoms with Gasteiger partial charge in [-0.1, -0.05) is 24.3 Å². The largest absolute Gasteiger partial charge is 0.396 e. The van der Waals surface area contributed by atoms with E-state index < -0.39 is 0 Å². The number of hydrogen-bond acceptors (Lipinski definition) is 3. The standard InChI is InChI=1S/C16H22FNO2/c17-15-5-3-14(4-6-15)2-1-9-18-12-16(13-19)7-10-20-11-8-16/h1-6,18-19H,7-13H2/b2-1+. The molecular formula is C16H22FNO2. The van der Waals surface area contributed by atoms with Crippen molar-refractivity contribution in [3.8, 4) is 0 Å². The molecule has 0 aromatic heterocycles. The van der Waals surface area contributed by atoms with Crippen molar-refractivity contribution >= 4 is 6.08 Å². The minimum absolute atomic E-state index is 0.0397. The van der Waals surface area contributed by atoms with E-state index in [0.29, 0.717) is 0 Å². The molecule has 2 rings (SSSR count). The van der Waals surface area contributed by atoms with Gasteiger partial charge in [0, 0.05) is 31.7 Å². The van der Waals surface area contributed by atoms with Gasteiger partial charge in [0.05, 0.1) is 6.61 Å². The number of aliphatic hydroxyl groups is 1. The van der Waals surface area contributed by atoms with Crippen LogP contribution in [0.25, 0.3) is 6.08 Å². The summed E-state index contributed by atoms with van der Waals surface area (Å²) in [5, 5.41) is 12.9. The third-order valence-electron chi connectivity index (χ3n) is 3.83. The molecule has 1 aliphatic heterocycles. The second-order valence-corrected chi connectivity index (χ2v) is 5.36. The van der Waals surface area contributed by atoms with E-state index in [2.05, 4.69) is 5.32 Å². The second kappa shape index (κ2) is 7.53. The molecule has 0 unspecified atom stereocenters. The van der Waals surface area contributed by atoms with Crippen LogP contribution in [0.2, 0.25) is 0 Å². The normalized spacial score (nSPS) is 18.5. The highest BCUT2D eigenvalue weighted by Gasteiger charge is 2.31. The Kier molecular flexibility index (Phi) is 5.71. The maximum atomic E-state index is 12.7. The smallest absolute Gasteiger partial charge is 0.123 e. The van der Waals surface area contributed by atoms with E-state index in [1.54, 1.807) is 12.1 Å². The van der Waals surface area contributed by atoms with Gasteiger partial charge in [-0.25, -0.2) is 4.39 Å². The van der Waals surface area contributed by atoms with Crippen molar-refractivity contribution in [3.05, 3.63) is 41.7 Å². The zero-order valence-corrected chi connectivity index (χ0v) is 11.6. The number of hydrogen-bond donors (Lipinski definition) is 2. The summed E-state index contributed by atoms with van der Waals surface area (Å²) in [6, 6.07) is 6.41. The number of halogens is 1. The summed E-state index contributed by atoms with van der Waals surface area (Å²) in [6.07, 6.45) is 5.77. The molecule has 0 saturated carbocycles. The average Bonchev–Trinajstić information content (AvgIpc) is 2.50. The molecule has 0 amide bonds. The molecule has 2 N–H and O–H groups in total. The van der Waals surface area contributed by atoms with Crippen molar-refractivity contribution in [2.24, 2.45) is 5.41 Å². The van der Waals surface area contributed by atoms with Gasteiger partial charge >= 0.3 is 0 Å². The van der Waals surface area contributed by atoms with Gasteiger partial charge in [-0.05, 0) is 30.5 Å². The lowest BCUT2D eigenvalue weighted by Gasteiger charge is -2.35. The van der Waals surface area contributed by atoms with Gasteiger partial charge in [-0.2, -0.15) is 0 Å². The number of nitrogens with one attached hydrogen (secondary N) is 1. The lowest BCUT2D eigenvalue weighted by atomic mass is 9.81. The Morgan fingerprint density at radius 3 is 2.60 bits per heavy atom.